The topological polar surface area (TPSA) is 59.6 Å². The van der Waals surface area contributed by atoms with Gasteiger partial charge in [-0.15, -0.1) is 0 Å². The van der Waals surface area contributed by atoms with Gasteiger partial charge in [-0.05, 0) is 51.4 Å². The van der Waals surface area contributed by atoms with Crippen molar-refractivity contribution in [1.29, 1.82) is 0 Å². The maximum atomic E-state index is 12.3. The molecule has 5 nitrogen and oxygen atoms in total. The van der Waals surface area contributed by atoms with E-state index in [1.807, 2.05) is 13.8 Å². The lowest BCUT2D eigenvalue weighted by molar-refractivity contribution is 0.0930. The molecular weight excluding hydrogens is 268 g/mol. The lowest BCUT2D eigenvalue weighted by Gasteiger charge is -2.24. The molecule has 1 aliphatic heterocycles. The number of hydrogen-bond donors (Lipinski definition) is 2. The molecular formula is C16H24N2O3. The number of ether oxygens (including phenoxy) is 2. The van der Waals surface area contributed by atoms with Crippen molar-refractivity contribution in [1.82, 2.24) is 10.6 Å². The number of piperidine rings is 1. The Labute approximate surface area is 126 Å². The van der Waals surface area contributed by atoms with Gasteiger partial charge in [0, 0.05) is 18.2 Å². The molecule has 1 fully saturated rings. The third kappa shape index (κ3) is 4.36. The Morgan fingerprint density at radius 3 is 2.71 bits per heavy atom. The van der Waals surface area contributed by atoms with Crippen LogP contribution >= 0.6 is 0 Å². The zero-order valence-corrected chi connectivity index (χ0v) is 12.8. The van der Waals surface area contributed by atoms with Crippen molar-refractivity contribution in [2.75, 3.05) is 26.3 Å². The smallest absolute Gasteiger partial charge is 0.251 e. The van der Waals surface area contributed by atoms with E-state index in [-0.39, 0.29) is 11.9 Å². The second kappa shape index (κ2) is 7.88. The molecule has 0 bridgehead atoms. The molecule has 1 aromatic carbocycles. The van der Waals surface area contributed by atoms with Crippen LogP contribution in [0.15, 0.2) is 18.2 Å². The zero-order valence-electron chi connectivity index (χ0n) is 12.8. The van der Waals surface area contributed by atoms with Crippen LogP contribution in [-0.4, -0.2) is 38.3 Å². The normalized spacial score (nSPS) is 18.1. The van der Waals surface area contributed by atoms with E-state index in [1.165, 1.54) is 0 Å². The first kappa shape index (κ1) is 15.6. The number of carbonyl (C=O) groups is 1. The maximum absolute atomic E-state index is 12.3. The van der Waals surface area contributed by atoms with Crippen molar-refractivity contribution in [3.05, 3.63) is 23.8 Å². The Bertz CT molecular complexity index is 471. The van der Waals surface area contributed by atoms with Gasteiger partial charge in [0.25, 0.3) is 5.91 Å². The van der Waals surface area contributed by atoms with E-state index >= 15 is 0 Å². The zero-order chi connectivity index (χ0) is 15.1. The monoisotopic (exact) mass is 292 g/mol. The van der Waals surface area contributed by atoms with Crippen molar-refractivity contribution in [2.45, 2.75) is 32.7 Å². The Kier molecular flexibility index (Phi) is 5.87. The quantitative estimate of drug-likeness (QED) is 0.841. The summed E-state index contributed by atoms with van der Waals surface area (Å²) in [6.07, 6.45) is 2.12. The molecule has 1 heterocycles. The van der Waals surface area contributed by atoms with E-state index in [9.17, 15) is 4.79 Å². The number of carbonyl (C=O) groups excluding carboxylic acids is 1. The first-order valence-corrected chi connectivity index (χ1v) is 7.65. The molecule has 1 aromatic rings. The lowest BCUT2D eigenvalue weighted by Crippen LogP contribution is -2.45. The van der Waals surface area contributed by atoms with Gasteiger partial charge in [-0.1, -0.05) is 0 Å². The highest BCUT2D eigenvalue weighted by Crippen LogP contribution is 2.28. The Balaban J connectivity index is 2.07. The SMILES string of the molecule is CCOc1ccc(C(=O)N[C@@H]2CCCNC2)cc1OCC. The fraction of sp³-hybridized carbons (Fsp3) is 0.562. The average Bonchev–Trinajstić information content (AvgIpc) is 2.50. The minimum Gasteiger partial charge on any atom is -0.490 e. The van der Waals surface area contributed by atoms with Crippen molar-refractivity contribution >= 4 is 5.91 Å². The van der Waals surface area contributed by atoms with Crippen LogP contribution < -0.4 is 20.1 Å². The molecule has 0 radical (unpaired) electrons. The predicted molar refractivity (Wildman–Crippen MR) is 82.1 cm³/mol. The molecule has 1 saturated heterocycles. The highest BCUT2D eigenvalue weighted by molar-refractivity contribution is 5.95. The predicted octanol–water partition coefficient (Wildman–Crippen LogP) is 1.97. The van der Waals surface area contributed by atoms with E-state index in [0.717, 1.165) is 25.9 Å². The molecule has 0 unspecified atom stereocenters. The van der Waals surface area contributed by atoms with Crippen LogP contribution in [0.5, 0.6) is 11.5 Å². The second-order valence-electron chi connectivity index (χ2n) is 5.04. The number of amides is 1. The number of nitrogens with one attached hydrogen (secondary N) is 2. The van der Waals surface area contributed by atoms with Crippen LogP contribution in [0.4, 0.5) is 0 Å². The van der Waals surface area contributed by atoms with Crippen LogP contribution in [0.25, 0.3) is 0 Å². The molecule has 0 spiro atoms. The highest BCUT2D eigenvalue weighted by Gasteiger charge is 2.17. The van der Waals surface area contributed by atoms with Gasteiger partial charge in [-0.3, -0.25) is 4.79 Å². The van der Waals surface area contributed by atoms with Crippen LogP contribution in [0.2, 0.25) is 0 Å². The Hall–Kier alpha value is -1.75. The second-order valence-corrected chi connectivity index (χ2v) is 5.04. The van der Waals surface area contributed by atoms with Gasteiger partial charge < -0.3 is 20.1 Å². The van der Waals surface area contributed by atoms with Crippen LogP contribution in [-0.2, 0) is 0 Å². The summed E-state index contributed by atoms with van der Waals surface area (Å²) in [5, 5.41) is 6.35. The van der Waals surface area contributed by atoms with E-state index in [1.54, 1.807) is 18.2 Å². The Morgan fingerprint density at radius 2 is 2.05 bits per heavy atom. The third-order valence-corrected chi connectivity index (χ3v) is 3.44. The number of hydrogen-bond acceptors (Lipinski definition) is 4. The molecule has 21 heavy (non-hydrogen) atoms. The van der Waals surface area contributed by atoms with Crippen LogP contribution in [0.1, 0.15) is 37.0 Å². The first-order chi connectivity index (χ1) is 10.2. The van der Waals surface area contributed by atoms with Gasteiger partial charge in [-0.2, -0.15) is 0 Å². The van der Waals surface area contributed by atoms with Crippen LogP contribution in [0, 0.1) is 0 Å². The van der Waals surface area contributed by atoms with Gasteiger partial charge in [0.05, 0.1) is 13.2 Å². The van der Waals surface area contributed by atoms with Crippen molar-refractivity contribution in [2.24, 2.45) is 0 Å². The molecule has 0 saturated carbocycles. The fourth-order valence-electron chi connectivity index (χ4n) is 2.44. The third-order valence-electron chi connectivity index (χ3n) is 3.44. The molecule has 1 atom stereocenters. The summed E-state index contributed by atoms with van der Waals surface area (Å²) in [7, 11) is 0. The summed E-state index contributed by atoms with van der Waals surface area (Å²) in [4.78, 5) is 12.3. The standard InChI is InChI=1S/C16H24N2O3/c1-3-20-14-8-7-12(10-15(14)21-4-2)16(19)18-13-6-5-9-17-11-13/h7-8,10,13,17H,3-6,9,11H2,1-2H3,(H,18,19)/t13-/m1/s1. The van der Waals surface area contributed by atoms with E-state index < -0.39 is 0 Å². The molecule has 116 valence electrons. The largest absolute Gasteiger partial charge is 0.490 e. The summed E-state index contributed by atoms with van der Waals surface area (Å²) in [5.41, 5.74) is 0.604. The van der Waals surface area contributed by atoms with E-state index in [0.29, 0.717) is 30.3 Å². The molecule has 0 aliphatic carbocycles. The van der Waals surface area contributed by atoms with Gasteiger partial charge in [0.1, 0.15) is 0 Å². The average molecular weight is 292 g/mol. The minimum atomic E-state index is -0.0623. The van der Waals surface area contributed by atoms with Gasteiger partial charge >= 0.3 is 0 Å². The Morgan fingerprint density at radius 1 is 1.29 bits per heavy atom. The highest BCUT2D eigenvalue weighted by atomic mass is 16.5. The van der Waals surface area contributed by atoms with Crippen molar-refractivity contribution in [3.63, 3.8) is 0 Å². The summed E-state index contributed by atoms with van der Waals surface area (Å²) >= 11 is 0. The van der Waals surface area contributed by atoms with Gasteiger partial charge in [-0.25, -0.2) is 0 Å². The van der Waals surface area contributed by atoms with Gasteiger partial charge in [0.2, 0.25) is 0 Å². The summed E-state index contributed by atoms with van der Waals surface area (Å²) in [6.45, 7) is 6.81. The molecule has 1 amide bonds. The number of benzene rings is 1. The summed E-state index contributed by atoms with van der Waals surface area (Å²) in [5.74, 6) is 1.23. The maximum Gasteiger partial charge on any atom is 0.251 e. The first-order valence-electron chi connectivity index (χ1n) is 7.65. The van der Waals surface area contributed by atoms with Crippen molar-refractivity contribution < 1.29 is 14.3 Å². The molecule has 5 heteroatoms. The molecule has 2 rings (SSSR count). The molecule has 2 N–H and O–H groups in total. The van der Waals surface area contributed by atoms with E-state index in [4.69, 9.17) is 9.47 Å². The molecule has 1 aliphatic rings. The fourth-order valence-corrected chi connectivity index (χ4v) is 2.44. The van der Waals surface area contributed by atoms with Gasteiger partial charge in [0.15, 0.2) is 11.5 Å². The summed E-state index contributed by atoms with van der Waals surface area (Å²) < 4.78 is 11.1. The van der Waals surface area contributed by atoms with E-state index in [2.05, 4.69) is 10.6 Å². The minimum absolute atomic E-state index is 0.0623. The number of rotatable bonds is 6. The van der Waals surface area contributed by atoms with Crippen molar-refractivity contribution in [3.8, 4) is 11.5 Å². The lowest BCUT2D eigenvalue weighted by atomic mass is 10.1. The van der Waals surface area contributed by atoms with Crippen LogP contribution in [0.3, 0.4) is 0 Å². The summed E-state index contributed by atoms with van der Waals surface area (Å²) in [6, 6.07) is 5.52. The molecule has 0 aromatic heterocycles.